The average molecular weight is 241 g/mol. The van der Waals surface area contributed by atoms with Crippen LogP contribution in [0, 0.1) is 5.92 Å². The standard InChI is InChI=1S/C10H18F3NO2/c1-5-16-8(15)9(4,10(11,12)13)14-6-7(2)3/h7,14H,5-6H2,1-4H3. The molecule has 0 aliphatic carbocycles. The zero-order valence-corrected chi connectivity index (χ0v) is 9.94. The van der Waals surface area contributed by atoms with Crippen LogP contribution in [0.5, 0.6) is 0 Å². The van der Waals surface area contributed by atoms with Crippen LogP contribution >= 0.6 is 0 Å². The first-order valence-corrected chi connectivity index (χ1v) is 5.14. The lowest BCUT2D eigenvalue weighted by atomic mass is 10.0. The van der Waals surface area contributed by atoms with E-state index in [1.165, 1.54) is 6.92 Å². The fraction of sp³-hybridized carbons (Fsp3) is 0.900. The summed E-state index contributed by atoms with van der Waals surface area (Å²) in [5.74, 6) is -1.28. The Balaban J connectivity index is 4.82. The van der Waals surface area contributed by atoms with Crippen molar-refractivity contribution in [3.63, 3.8) is 0 Å². The fourth-order valence-corrected chi connectivity index (χ4v) is 0.972. The molecule has 16 heavy (non-hydrogen) atoms. The van der Waals surface area contributed by atoms with Crippen LogP contribution in [-0.2, 0) is 9.53 Å². The number of halogens is 3. The predicted molar refractivity (Wildman–Crippen MR) is 53.9 cm³/mol. The van der Waals surface area contributed by atoms with Crippen molar-refractivity contribution in [2.24, 2.45) is 5.92 Å². The number of esters is 1. The number of hydrogen-bond donors (Lipinski definition) is 1. The fourth-order valence-electron chi connectivity index (χ4n) is 0.972. The summed E-state index contributed by atoms with van der Waals surface area (Å²) < 4.78 is 42.7. The Morgan fingerprint density at radius 1 is 1.38 bits per heavy atom. The number of rotatable bonds is 5. The van der Waals surface area contributed by atoms with Gasteiger partial charge >= 0.3 is 12.1 Å². The number of nitrogens with one attached hydrogen (secondary N) is 1. The predicted octanol–water partition coefficient (Wildman–Crippen LogP) is 2.12. The van der Waals surface area contributed by atoms with Crippen molar-refractivity contribution >= 4 is 5.97 Å². The van der Waals surface area contributed by atoms with Gasteiger partial charge in [-0.2, -0.15) is 13.2 Å². The molecule has 96 valence electrons. The summed E-state index contributed by atoms with van der Waals surface area (Å²) in [5.41, 5.74) is -2.63. The molecule has 0 saturated carbocycles. The normalized spacial score (nSPS) is 16.0. The third-order valence-corrected chi connectivity index (χ3v) is 2.11. The Labute approximate surface area is 93.3 Å². The lowest BCUT2D eigenvalue weighted by Crippen LogP contribution is -2.61. The third-order valence-electron chi connectivity index (χ3n) is 2.11. The monoisotopic (exact) mass is 241 g/mol. The zero-order chi connectivity index (χ0) is 13.0. The van der Waals surface area contributed by atoms with Gasteiger partial charge in [-0.05, 0) is 26.3 Å². The number of hydrogen-bond acceptors (Lipinski definition) is 3. The van der Waals surface area contributed by atoms with E-state index in [4.69, 9.17) is 0 Å². The van der Waals surface area contributed by atoms with Gasteiger partial charge in [0.2, 0.25) is 5.54 Å². The minimum absolute atomic E-state index is 0.0103. The molecule has 0 aromatic carbocycles. The van der Waals surface area contributed by atoms with Gasteiger partial charge in [0.1, 0.15) is 0 Å². The summed E-state index contributed by atoms with van der Waals surface area (Å²) >= 11 is 0. The molecule has 0 aliphatic rings. The Hall–Kier alpha value is -0.780. The molecule has 0 saturated heterocycles. The van der Waals surface area contributed by atoms with Crippen LogP contribution in [0.15, 0.2) is 0 Å². The van der Waals surface area contributed by atoms with Crippen molar-refractivity contribution in [1.29, 1.82) is 0 Å². The number of carbonyl (C=O) groups is 1. The van der Waals surface area contributed by atoms with E-state index in [0.717, 1.165) is 6.92 Å². The van der Waals surface area contributed by atoms with Crippen LogP contribution < -0.4 is 5.32 Å². The van der Waals surface area contributed by atoms with Crippen LogP contribution in [-0.4, -0.2) is 30.8 Å². The number of carbonyl (C=O) groups excluding carboxylic acids is 1. The molecule has 1 N–H and O–H groups in total. The molecule has 1 unspecified atom stereocenters. The van der Waals surface area contributed by atoms with E-state index >= 15 is 0 Å². The van der Waals surface area contributed by atoms with Gasteiger partial charge in [0.15, 0.2) is 0 Å². The molecule has 0 aromatic heterocycles. The summed E-state index contributed by atoms with van der Waals surface area (Å²) in [7, 11) is 0. The first kappa shape index (κ1) is 15.2. The van der Waals surface area contributed by atoms with Crippen molar-refractivity contribution < 1.29 is 22.7 Å². The second kappa shape index (κ2) is 5.52. The molecule has 0 aliphatic heterocycles. The van der Waals surface area contributed by atoms with Crippen LogP contribution in [0.1, 0.15) is 27.7 Å². The molecular formula is C10H18F3NO2. The first-order chi connectivity index (χ1) is 7.15. The van der Waals surface area contributed by atoms with E-state index in [0.29, 0.717) is 0 Å². The first-order valence-electron chi connectivity index (χ1n) is 5.14. The van der Waals surface area contributed by atoms with Crippen molar-refractivity contribution in [3.8, 4) is 0 Å². The summed E-state index contributed by atoms with van der Waals surface area (Å²) in [4.78, 5) is 11.3. The maximum absolute atomic E-state index is 12.8. The van der Waals surface area contributed by atoms with Crippen LogP contribution in [0.3, 0.4) is 0 Å². The Morgan fingerprint density at radius 3 is 2.19 bits per heavy atom. The van der Waals surface area contributed by atoms with Crippen molar-refractivity contribution in [3.05, 3.63) is 0 Å². The van der Waals surface area contributed by atoms with Gasteiger partial charge < -0.3 is 4.74 Å². The van der Waals surface area contributed by atoms with Gasteiger partial charge in [0.25, 0.3) is 0 Å². The average Bonchev–Trinajstić information content (AvgIpc) is 2.12. The largest absolute Gasteiger partial charge is 0.464 e. The lowest BCUT2D eigenvalue weighted by molar-refractivity contribution is -0.209. The van der Waals surface area contributed by atoms with Crippen LogP contribution in [0.4, 0.5) is 13.2 Å². The van der Waals surface area contributed by atoms with Crippen molar-refractivity contribution in [2.75, 3.05) is 13.2 Å². The van der Waals surface area contributed by atoms with Gasteiger partial charge in [-0.25, -0.2) is 4.79 Å². The summed E-state index contributed by atoms with van der Waals surface area (Å²) in [6, 6.07) is 0. The maximum Gasteiger partial charge on any atom is 0.417 e. The lowest BCUT2D eigenvalue weighted by Gasteiger charge is -2.31. The molecule has 3 nitrogen and oxygen atoms in total. The van der Waals surface area contributed by atoms with E-state index < -0.39 is 17.7 Å². The molecule has 0 bridgehead atoms. The highest BCUT2D eigenvalue weighted by molar-refractivity contribution is 5.81. The highest BCUT2D eigenvalue weighted by atomic mass is 19.4. The second-order valence-electron chi connectivity index (χ2n) is 4.12. The number of alkyl halides is 3. The number of ether oxygens (including phenoxy) is 1. The Kier molecular flexibility index (Phi) is 5.25. The smallest absolute Gasteiger partial charge is 0.417 e. The van der Waals surface area contributed by atoms with E-state index in [9.17, 15) is 18.0 Å². The molecule has 0 amide bonds. The molecular weight excluding hydrogens is 223 g/mol. The summed E-state index contributed by atoms with van der Waals surface area (Å²) in [5, 5.41) is 2.22. The van der Waals surface area contributed by atoms with Crippen molar-refractivity contribution in [1.82, 2.24) is 5.32 Å². The quantitative estimate of drug-likeness (QED) is 0.749. The molecule has 0 spiro atoms. The molecule has 0 heterocycles. The molecule has 1 atom stereocenters. The third kappa shape index (κ3) is 3.66. The van der Waals surface area contributed by atoms with Crippen LogP contribution in [0.25, 0.3) is 0 Å². The minimum Gasteiger partial charge on any atom is -0.464 e. The second-order valence-corrected chi connectivity index (χ2v) is 4.12. The molecule has 0 fully saturated rings. The zero-order valence-electron chi connectivity index (χ0n) is 9.94. The maximum atomic E-state index is 12.8. The Morgan fingerprint density at radius 2 is 1.88 bits per heavy atom. The van der Waals surface area contributed by atoms with Crippen molar-refractivity contribution in [2.45, 2.75) is 39.4 Å². The molecule has 6 heteroatoms. The topological polar surface area (TPSA) is 38.3 Å². The van der Waals surface area contributed by atoms with E-state index in [2.05, 4.69) is 10.1 Å². The SMILES string of the molecule is CCOC(=O)C(C)(NCC(C)C)C(F)(F)F. The summed E-state index contributed by atoms with van der Waals surface area (Å²) in [6.07, 6.45) is -4.67. The van der Waals surface area contributed by atoms with Gasteiger partial charge in [-0.1, -0.05) is 13.8 Å². The van der Waals surface area contributed by atoms with Crippen LogP contribution in [0.2, 0.25) is 0 Å². The minimum atomic E-state index is -4.67. The van der Waals surface area contributed by atoms with E-state index in [1.54, 1.807) is 13.8 Å². The Bertz CT molecular complexity index is 241. The molecule has 0 aromatic rings. The van der Waals surface area contributed by atoms with E-state index in [-0.39, 0.29) is 19.1 Å². The van der Waals surface area contributed by atoms with E-state index in [1.807, 2.05) is 0 Å². The highest BCUT2D eigenvalue weighted by Crippen LogP contribution is 2.31. The molecule has 0 radical (unpaired) electrons. The van der Waals surface area contributed by atoms with Gasteiger partial charge in [0, 0.05) is 0 Å². The highest BCUT2D eigenvalue weighted by Gasteiger charge is 2.57. The van der Waals surface area contributed by atoms with Gasteiger partial charge in [-0.3, -0.25) is 5.32 Å². The molecule has 0 rings (SSSR count). The van der Waals surface area contributed by atoms with Gasteiger partial charge in [-0.15, -0.1) is 0 Å². The summed E-state index contributed by atoms with van der Waals surface area (Å²) in [6.45, 7) is 5.80. The van der Waals surface area contributed by atoms with Gasteiger partial charge in [0.05, 0.1) is 6.61 Å².